The molecule has 0 aromatic heterocycles. The highest BCUT2D eigenvalue weighted by atomic mass is 16.5. The van der Waals surface area contributed by atoms with E-state index in [0.717, 1.165) is 0 Å². The molecule has 2 heteroatoms. The number of carbonyl (C=O) groups is 1. The molecule has 0 heterocycles. The summed E-state index contributed by atoms with van der Waals surface area (Å²) >= 11 is 0. The lowest BCUT2D eigenvalue weighted by Gasteiger charge is -1.95. The first-order valence-electron chi connectivity index (χ1n) is 4.98. The summed E-state index contributed by atoms with van der Waals surface area (Å²) in [5.74, 6) is -0.291. The zero-order valence-corrected chi connectivity index (χ0v) is 9.70. The van der Waals surface area contributed by atoms with E-state index in [2.05, 4.69) is 4.74 Å². The van der Waals surface area contributed by atoms with Crippen molar-refractivity contribution in [1.29, 1.82) is 0 Å². The monoisotopic (exact) mass is 228 g/mol. The minimum absolute atomic E-state index is 0. The summed E-state index contributed by atoms with van der Waals surface area (Å²) in [5, 5.41) is 0. The van der Waals surface area contributed by atoms with E-state index in [1.807, 2.05) is 33.8 Å². The summed E-state index contributed by atoms with van der Waals surface area (Å²) in [4.78, 5) is 10.8. The standard InChI is InChI=1S/C8H8O2.2C2H6.2CH4/c1-10-8(9)7-5-3-2-4-6-7;2*1-2;;/h2-6H,1H3;2*1-2H3;2*1H4. The van der Waals surface area contributed by atoms with Gasteiger partial charge in [-0.2, -0.15) is 0 Å². The molecular formula is C14H28O2. The molecule has 0 bridgehead atoms. The average molecular weight is 228 g/mol. The molecule has 2 nitrogen and oxygen atoms in total. The van der Waals surface area contributed by atoms with E-state index in [0.29, 0.717) is 5.56 Å². The van der Waals surface area contributed by atoms with Gasteiger partial charge in [-0.1, -0.05) is 60.7 Å². The molecule has 1 aromatic carbocycles. The van der Waals surface area contributed by atoms with Crippen LogP contribution in [-0.4, -0.2) is 13.1 Å². The molecule has 1 rings (SSSR count). The van der Waals surface area contributed by atoms with E-state index in [-0.39, 0.29) is 20.8 Å². The van der Waals surface area contributed by atoms with Gasteiger partial charge < -0.3 is 4.74 Å². The molecule has 1 aromatic rings. The predicted molar refractivity (Wildman–Crippen MR) is 73.9 cm³/mol. The number of hydrogen-bond donors (Lipinski definition) is 0. The van der Waals surface area contributed by atoms with Crippen LogP contribution in [0.25, 0.3) is 0 Å². The summed E-state index contributed by atoms with van der Waals surface area (Å²) in [6, 6.07) is 8.88. The normalized spacial score (nSPS) is 6.31. The van der Waals surface area contributed by atoms with E-state index in [1.54, 1.807) is 24.3 Å². The maximum absolute atomic E-state index is 10.8. The van der Waals surface area contributed by atoms with Gasteiger partial charge >= 0.3 is 5.97 Å². The highest BCUT2D eigenvalue weighted by molar-refractivity contribution is 5.89. The molecule has 16 heavy (non-hydrogen) atoms. The van der Waals surface area contributed by atoms with Crippen molar-refractivity contribution in [1.82, 2.24) is 0 Å². The molecule has 96 valence electrons. The Morgan fingerprint density at radius 1 is 0.938 bits per heavy atom. The molecule has 0 atom stereocenters. The van der Waals surface area contributed by atoms with E-state index in [9.17, 15) is 4.79 Å². The van der Waals surface area contributed by atoms with Crippen molar-refractivity contribution < 1.29 is 9.53 Å². The summed E-state index contributed by atoms with van der Waals surface area (Å²) in [6.45, 7) is 8.00. The fraction of sp³-hybridized carbons (Fsp3) is 0.500. The fourth-order valence-corrected chi connectivity index (χ4v) is 0.692. The number of carbonyl (C=O) groups excluding carboxylic acids is 1. The van der Waals surface area contributed by atoms with Crippen LogP contribution in [0.2, 0.25) is 0 Å². The smallest absolute Gasteiger partial charge is 0.337 e. The molecule has 0 N–H and O–H groups in total. The summed E-state index contributed by atoms with van der Waals surface area (Å²) in [7, 11) is 1.37. The van der Waals surface area contributed by atoms with E-state index in [1.165, 1.54) is 7.11 Å². The van der Waals surface area contributed by atoms with Crippen LogP contribution in [0, 0.1) is 0 Å². The zero-order chi connectivity index (χ0) is 11.4. The largest absolute Gasteiger partial charge is 0.465 e. The lowest BCUT2D eigenvalue weighted by molar-refractivity contribution is 0.0601. The lowest BCUT2D eigenvalue weighted by atomic mass is 10.2. The first kappa shape index (κ1) is 24.1. The summed E-state index contributed by atoms with van der Waals surface area (Å²) in [6.07, 6.45) is 0. The van der Waals surface area contributed by atoms with Crippen LogP contribution in [0.1, 0.15) is 52.9 Å². The minimum atomic E-state index is -0.291. The van der Waals surface area contributed by atoms with Crippen LogP contribution >= 0.6 is 0 Å². The van der Waals surface area contributed by atoms with Gasteiger partial charge in [-0.25, -0.2) is 4.79 Å². The van der Waals surface area contributed by atoms with Crippen molar-refractivity contribution in [2.45, 2.75) is 42.5 Å². The predicted octanol–water partition coefficient (Wildman–Crippen LogP) is 4.80. The number of ether oxygens (including phenoxy) is 1. The van der Waals surface area contributed by atoms with Crippen molar-refractivity contribution in [3.8, 4) is 0 Å². The van der Waals surface area contributed by atoms with Crippen molar-refractivity contribution in [2.75, 3.05) is 7.11 Å². The highest BCUT2D eigenvalue weighted by Gasteiger charge is 2.00. The van der Waals surface area contributed by atoms with Gasteiger partial charge in [0.25, 0.3) is 0 Å². The third kappa shape index (κ3) is 10.8. The molecule has 0 amide bonds. The van der Waals surface area contributed by atoms with Crippen molar-refractivity contribution >= 4 is 5.97 Å². The Balaban J connectivity index is -0.000000109. The molecule has 0 saturated heterocycles. The molecule has 0 aliphatic heterocycles. The average Bonchev–Trinajstić information content (AvgIpc) is 2.34. The quantitative estimate of drug-likeness (QED) is 0.645. The number of methoxy groups -OCH3 is 1. The first-order chi connectivity index (χ1) is 6.84. The molecular weight excluding hydrogens is 200 g/mol. The number of esters is 1. The van der Waals surface area contributed by atoms with Crippen molar-refractivity contribution in [3.63, 3.8) is 0 Å². The van der Waals surface area contributed by atoms with Crippen molar-refractivity contribution in [3.05, 3.63) is 35.9 Å². The van der Waals surface area contributed by atoms with E-state index < -0.39 is 0 Å². The van der Waals surface area contributed by atoms with Crippen molar-refractivity contribution in [2.24, 2.45) is 0 Å². The number of rotatable bonds is 1. The Labute approximate surface area is 102 Å². The second-order valence-electron chi connectivity index (χ2n) is 1.86. The van der Waals surface area contributed by atoms with Gasteiger partial charge in [-0.15, -0.1) is 0 Å². The first-order valence-corrected chi connectivity index (χ1v) is 4.98. The maximum atomic E-state index is 10.8. The molecule has 0 radical (unpaired) electrons. The fourth-order valence-electron chi connectivity index (χ4n) is 0.692. The van der Waals surface area contributed by atoms with Crippen LogP contribution in [0.15, 0.2) is 30.3 Å². The van der Waals surface area contributed by atoms with Gasteiger partial charge in [0, 0.05) is 0 Å². The third-order valence-corrected chi connectivity index (χ3v) is 1.19. The Kier molecular flexibility index (Phi) is 29.0. The molecule has 0 spiro atoms. The van der Waals surface area contributed by atoms with Gasteiger partial charge in [0.05, 0.1) is 12.7 Å². The molecule has 0 fully saturated rings. The number of benzene rings is 1. The van der Waals surface area contributed by atoms with Gasteiger partial charge in [0.1, 0.15) is 0 Å². The molecule has 0 aliphatic carbocycles. The van der Waals surface area contributed by atoms with Gasteiger partial charge in [0.15, 0.2) is 0 Å². The summed E-state index contributed by atoms with van der Waals surface area (Å²) < 4.78 is 4.50. The van der Waals surface area contributed by atoms with Crippen LogP contribution in [0.5, 0.6) is 0 Å². The van der Waals surface area contributed by atoms with Crippen LogP contribution < -0.4 is 0 Å². The summed E-state index contributed by atoms with van der Waals surface area (Å²) in [5.41, 5.74) is 0.588. The molecule has 0 aliphatic rings. The van der Waals surface area contributed by atoms with Gasteiger partial charge in [-0.05, 0) is 12.1 Å². The lowest BCUT2D eigenvalue weighted by Crippen LogP contribution is -1.99. The second-order valence-corrected chi connectivity index (χ2v) is 1.86. The third-order valence-electron chi connectivity index (χ3n) is 1.19. The maximum Gasteiger partial charge on any atom is 0.337 e. The van der Waals surface area contributed by atoms with E-state index >= 15 is 0 Å². The number of hydrogen-bond acceptors (Lipinski definition) is 2. The van der Waals surface area contributed by atoms with Gasteiger partial charge in [0.2, 0.25) is 0 Å². The SMILES string of the molecule is C.C.CC.CC.COC(=O)c1ccccc1. The Bertz CT molecular complexity index is 217. The highest BCUT2D eigenvalue weighted by Crippen LogP contribution is 1.98. The Morgan fingerprint density at radius 3 is 1.62 bits per heavy atom. The minimum Gasteiger partial charge on any atom is -0.465 e. The Morgan fingerprint density at radius 2 is 1.31 bits per heavy atom. The molecule has 0 saturated carbocycles. The van der Waals surface area contributed by atoms with Crippen LogP contribution in [0.3, 0.4) is 0 Å². The Hall–Kier alpha value is -1.31. The second kappa shape index (κ2) is 19.3. The van der Waals surface area contributed by atoms with E-state index in [4.69, 9.17) is 0 Å². The van der Waals surface area contributed by atoms with Gasteiger partial charge in [-0.3, -0.25) is 0 Å². The topological polar surface area (TPSA) is 26.3 Å². The van der Waals surface area contributed by atoms with Crippen LogP contribution in [0.4, 0.5) is 0 Å². The molecule has 0 unspecified atom stereocenters. The van der Waals surface area contributed by atoms with Crippen LogP contribution in [-0.2, 0) is 4.74 Å². The zero-order valence-electron chi connectivity index (χ0n) is 9.70.